The molecular weight excluding hydrogens is 410 g/mol. The molecule has 3 aromatic carbocycles. The van der Waals surface area contributed by atoms with Gasteiger partial charge in [0, 0.05) is 5.56 Å². The number of carbonyl (C=O) groups excluding carboxylic acids is 3. The lowest BCUT2D eigenvalue weighted by Crippen LogP contribution is -2.32. The number of para-hydroxylation sites is 3. The minimum absolute atomic E-state index is 0.260. The van der Waals surface area contributed by atoms with Gasteiger partial charge >= 0.3 is 17.8 Å². The molecule has 2 amide bonds. The van der Waals surface area contributed by atoms with Gasteiger partial charge in [0.05, 0.1) is 24.6 Å². The van der Waals surface area contributed by atoms with Crippen LogP contribution >= 0.6 is 0 Å². The molecule has 0 unspecified atom stereocenters. The summed E-state index contributed by atoms with van der Waals surface area (Å²) in [6.07, 6.45) is 1.28. The van der Waals surface area contributed by atoms with Crippen molar-refractivity contribution in [3.05, 3.63) is 89.5 Å². The van der Waals surface area contributed by atoms with Crippen molar-refractivity contribution in [2.45, 2.75) is 6.92 Å². The van der Waals surface area contributed by atoms with Crippen molar-refractivity contribution in [1.29, 1.82) is 0 Å². The van der Waals surface area contributed by atoms with Gasteiger partial charge in [-0.15, -0.1) is 0 Å². The lowest BCUT2D eigenvalue weighted by molar-refractivity contribution is -0.136. The van der Waals surface area contributed by atoms with Crippen LogP contribution in [0.4, 0.5) is 5.69 Å². The normalized spacial score (nSPS) is 10.4. The highest BCUT2D eigenvalue weighted by Gasteiger charge is 2.15. The Kier molecular flexibility index (Phi) is 7.32. The quantitative estimate of drug-likeness (QED) is 0.205. The number of esters is 1. The zero-order chi connectivity index (χ0) is 22.9. The number of ether oxygens (including phenoxy) is 2. The lowest BCUT2D eigenvalue weighted by atomic mass is 10.1. The molecule has 0 heterocycles. The van der Waals surface area contributed by atoms with Gasteiger partial charge in [-0.1, -0.05) is 42.0 Å². The van der Waals surface area contributed by atoms with Crippen LogP contribution in [0.2, 0.25) is 0 Å². The van der Waals surface area contributed by atoms with Crippen molar-refractivity contribution in [2.75, 3.05) is 12.4 Å². The first-order valence-corrected chi connectivity index (χ1v) is 9.63. The predicted octanol–water partition coefficient (Wildman–Crippen LogP) is 3.31. The maximum Gasteiger partial charge on any atom is 0.343 e. The molecule has 0 aliphatic heterocycles. The van der Waals surface area contributed by atoms with E-state index in [1.165, 1.54) is 13.3 Å². The average molecular weight is 431 g/mol. The fraction of sp³-hybridized carbons (Fsp3) is 0.0833. The summed E-state index contributed by atoms with van der Waals surface area (Å²) in [6, 6.07) is 20.4. The predicted molar refractivity (Wildman–Crippen MR) is 120 cm³/mol. The van der Waals surface area contributed by atoms with E-state index < -0.39 is 17.8 Å². The van der Waals surface area contributed by atoms with Crippen LogP contribution in [0, 0.1) is 6.92 Å². The summed E-state index contributed by atoms with van der Waals surface area (Å²) in [7, 11) is 1.46. The van der Waals surface area contributed by atoms with Gasteiger partial charge in [0.2, 0.25) is 0 Å². The summed E-state index contributed by atoms with van der Waals surface area (Å²) in [6.45, 7) is 1.88. The van der Waals surface area contributed by atoms with E-state index in [4.69, 9.17) is 9.47 Å². The van der Waals surface area contributed by atoms with Crippen LogP contribution in [-0.2, 0) is 9.59 Å². The molecule has 0 radical (unpaired) electrons. The molecule has 0 aliphatic carbocycles. The third kappa shape index (κ3) is 5.79. The first-order chi connectivity index (χ1) is 15.5. The number of aryl methyl sites for hydroxylation is 1. The first kappa shape index (κ1) is 22.2. The minimum atomic E-state index is -0.971. The molecule has 0 aliphatic rings. The van der Waals surface area contributed by atoms with Crippen LogP contribution in [0.5, 0.6) is 11.5 Å². The number of nitrogens with one attached hydrogen (secondary N) is 2. The molecule has 0 saturated heterocycles. The van der Waals surface area contributed by atoms with E-state index in [0.29, 0.717) is 22.6 Å². The molecule has 32 heavy (non-hydrogen) atoms. The number of nitrogens with zero attached hydrogens (tertiary/aromatic N) is 1. The Morgan fingerprint density at radius 2 is 1.59 bits per heavy atom. The SMILES string of the molecule is COc1ccccc1NC(=O)C(=O)N/N=C/c1ccccc1OC(=O)c1cccc(C)c1. The molecular formula is C24H21N3O5. The molecule has 0 bridgehead atoms. The Bertz CT molecular complexity index is 1170. The van der Waals surface area contributed by atoms with E-state index in [1.807, 2.05) is 13.0 Å². The van der Waals surface area contributed by atoms with Gasteiger partial charge in [-0.25, -0.2) is 10.2 Å². The topological polar surface area (TPSA) is 106 Å². The monoisotopic (exact) mass is 431 g/mol. The van der Waals surface area contributed by atoms with Gasteiger partial charge in [0.25, 0.3) is 0 Å². The van der Waals surface area contributed by atoms with Crippen LogP contribution in [0.3, 0.4) is 0 Å². The second-order valence-corrected chi connectivity index (χ2v) is 6.65. The van der Waals surface area contributed by atoms with Crippen LogP contribution in [0.25, 0.3) is 0 Å². The van der Waals surface area contributed by atoms with Crippen LogP contribution in [0.15, 0.2) is 77.9 Å². The summed E-state index contributed by atoms with van der Waals surface area (Å²) < 4.78 is 10.6. The number of anilines is 1. The van der Waals surface area contributed by atoms with Gasteiger partial charge in [0.15, 0.2) is 0 Å². The lowest BCUT2D eigenvalue weighted by Gasteiger charge is -2.09. The van der Waals surface area contributed by atoms with Crippen molar-refractivity contribution < 1.29 is 23.9 Å². The Hall–Kier alpha value is -4.46. The maximum absolute atomic E-state index is 12.4. The van der Waals surface area contributed by atoms with E-state index in [-0.39, 0.29) is 5.75 Å². The number of hydrogen-bond donors (Lipinski definition) is 2. The number of hydrazone groups is 1. The van der Waals surface area contributed by atoms with Crippen LogP contribution < -0.4 is 20.2 Å². The maximum atomic E-state index is 12.4. The summed E-state index contributed by atoms with van der Waals surface area (Å²) in [4.78, 5) is 36.6. The summed E-state index contributed by atoms with van der Waals surface area (Å²) >= 11 is 0. The number of hydrogen-bond acceptors (Lipinski definition) is 6. The second kappa shape index (κ2) is 10.5. The smallest absolute Gasteiger partial charge is 0.343 e. The highest BCUT2D eigenvalue weighted by Crippen LogP contribution is 2.22. The molecule has 0 atom stereocenters. The molecule has 162 valence electrons. The van der Waals surface area contributed by atoms with Crippen molar-refractivity contribution >= 4 is 29.7 Å². The number of rotatable bonds is 6. The second-order valence-electron chi connectivity index (χ2n) is 6.65. The highest BCUT2D eigenvalue weighted by atomic mass is 16.5. The molecule has 2 N–H and O–H groups in total. The van der Waals surface area contributed by atoms with Gasteiger partial charge in [-0.3, -0.25) is 9.59 Å². The molecule has 3 rings (SSSR count). The van der Waals surface area contributed by atoms with Crippen LogP contribution in [0.1, 0.15) is 21.5 Å². The summed E-state index contributed by atoms with van der Waals surface area (Å²) in [5.41, 5.74) is 4.29. The summed E-state index contributed by atoms with van der Waals surface area (Å²) in [5, 5.41) is 6.24. The van der Waals surface area contributed by atoms with Crippen molar-refractivity contribution in [1.82, 2.24) is 5.43 Å². The first-order valence-electron chi connectivity index (χ1n) is 9.63. The van der Waals surface area contributed by atoms with Crippen LogP contribution in [-0.4, -0.2) is 31.1 Å². The number of amides is 2. The van der Waals surface area contributed by atoms with E-state index in [9.17, 15) is 14.4 Å². The fourth-order valence-corrected chi connectivity index (χ4v) is 2.75. The fourth-order valence-electron chi connectivity index (χ4n) is 2.75. The standard InChI is InChI=1S/C24H21N3O5/c1-16-8-7-10-17(14-16)24(30)32-20-12-5-3-9-18(20)15-25-27-23(29)22(28)26-19-11-4-6-13-21(19)31-2/h3-15H,1-2H3,(H,26,28)(H,27,29)/b25-15+. The highest BCUT2D eigenvalue weighted by molar-refractivity contribution is 6.39. The van der Waals surface area contributed by atoms with E-state index in [2.05, 4.69) is 15.8 Å². The Balaban J connectivity index is 1.63. The number of methoxy groups -OCH3 is 1. The molecule has 0 aromatic heterocycles. The molecule has 0 spiro atoms. The number of carbonyl (C=O) groups is 3. The third-order valence-electron chi connectivity index (χ3n) is 4.31. The van der Waals surface area contributed by atoms with Crippen molar-refractivity contribution in [2.24, 2.45) is 5.10 Å². The van der Waals surface area contributed by atoms with Gasteiger partial charge < -0.3 is 14.8 Å². The van der Waals surface area contributed by atoms with E-state index in [0.717, 1.165) is 5.56 Å². The van der Waals surface area contributed by atoms with Gasteiger partial charge in [-0.2, -0.15) is 5.10 Å². The zero-order valence-electron chi connectivity index (χ0n) is 17.5. The molecule has 8 heteroatoms. The van der Waals surface area contributed by atoms with Crippen molar-refractivity contribution in [3.63, 3.8) is 0 Å². The largest absolute Gasteiger partial charge is 0.495 e. The van der Waals surface area contributed by atoms with E-state index >= 15 is 0 Å². The Morgan fingerprint density at radius 3 is 2.34 bits per heavy atom. The molecule has 0 saturated carbocycles. The van der Waals surface area contributed by atoms with Gasteiger partial charge in [0.1, 0.15) is 11.5 Å². The molecule has 3 aromatic rings. The van der Waals surface area contributed by atoms with Crippen molar-refractivity contribution in [3.8, 4) is 11.5 Å². The number of benzene rings is 3. The van der Waals surface area contributed by atoms with E-state index in [1.54, 1.807) is 66.7 Å². The molecule has 8 nitrogen and oxygen atoms in total. The zero-order valence-corrected chi connectivity index (χ0v) is 17.5. The third-order valence-corrected chi connectivity index (χ3v) is 4.31. The van der Waals surface area contributed by atoms with Gasteiger partial charge in [-0.05, 0) is 43.3 Å². The molecule has 0 fully saturated rings. The minimum Gasteiger partial charge on any atom is -0.495 e. The summed E-state index contributed by atoms with van der Waals surface area (Å²) in [5.74, 6) is -1.72. The average Bonchev–Trinajstić information content (AvgIpc) is 2.80. The Morgan fingerprint density at radius 1 is 0.875 bits per heavy atom. The Labute approximate surface area is 184 Å².